The van der Waals surface area contributed by atoms with Crippen LogP contribution >= 0.6 is 7.52 Å². The van der Waals surface area contributed by atoms with Crippen LogP contribution in [0.25, 0.3) is 0 Å². The van der Waals surface area contributed by atoms with Gasteiger partial charge in [-0.25, -0.2) is 4.79 Å². The van der Waals surface area contributed by atoms with E-state index in [0.29, 0.717) is 6.42 Å². The van der Waals surface area contributed by atoms with Crippen molar-refractivity contribution in [1.82, 2.24) is 15.7 Å². The summed E-state index contributed by atoms with van der Waals surface area (Å²) < 4.78 is 17.1. The Labute approximate surface area is 171 Å². The fraction of sp³-hybridized carbons (Fsp3) is 0.500. The first-order chi connectivity index (χ1) is 12.2. The molecule has 0 aliphatic rings. The maximum Gasteiger partial charge on any atom is 1.00 e. The van der Waals surface area contributed by atoms with Gasteiger partial charge in [0.05, 0.1) is 26.5 Å². The molecule has 1 aromatic carbocycles. The largest absolute Gasteiger partial charge is 1.00 e. The summed E-state index contributed by atoms with van der Waals surface area (Å²) in [6.07, 6.45) is -1.24. The molecule has 0 heterocycles. The van der Waals surface area contributed by atoms with Gasteiger partial charge in [-0.15, -0.1) is 0 Å². The van der Waals surface area contributed by atoms with Gasteiger partial charge in [0.1, 0.15) is 6.61 Å². The summed E-state index contributed by atoms with van der Waals surface area (Å²) in [7, 11) is -4.25. The first-order valence-corrected chi connectivity index (χ1v) is 10.0. The maximum atomic E-state index is 12.1. The Balaban J connectivity index is 0.00000676. The van der Waals surface area contributed by atoms with Crippen LogP contribution in [-0.4, -0.2) is 31.0 Å². The standard InChI is InChI=1S/C16H27N4O5P.Li/c1-12(2)8-14(15(21)18-10-17)20-26(23,24)11-19-16(22)25-9-13-6-4-3-5-7-13;/h3-7,12,14H,8-11,17H2,1-2H3,(H,18,21)(H,19,22)(H2,20,23,24);/q;+1/p-1/t14-;/m0./s1. The summed E-state index contributed by atoms with van der Waals surface area (Å²) in [5.74, 6) is -0.427. The molecule has 0 aromatic heterocycles. The Kier molecular flexibility index (Phi) is 12.3. The van der Waals surface area contributed by atoms with Gasteiger partial charge < -0.3 is 30.6 Å². The van der Waals surface area contributed by atoms with Crippen LogP contribution in [-0.2, 0) is 20.7 Å². The topological polar surface area (TPSA) is 146 Å². The van der Waals surface area contributed by atoms with Gasteiger partial charge in [-0.1, -0.05) is 44.2 Å². The van der Waals surface area contributed by atoms with Crippen LogP contribution in [0.5, 0.6) is 0 Å². The van der Waals surface area contributed by atoms with Crippen molar-refractivity contribution in [2.45, 2.75) is 32.9 Å². The van der Waals surface area contributed by atoms with Gasteiger partial charge in [-0.05, 0) is 17.9 Å². The van der Waals surface area contributed by atoms with E-state index in [4.69, 9.17) is 10.5 Å². The number of rotatable bonds is 10. The van der Waals surface area contributed by atoms with Crippen LogP contribution in [0, 0.1) is 5.92 Å². The number of amides is 2. The monoisotopic (exact) mass is 392 g/mol. The van der Waals surface area contributed by atoms with Gasteiger partial charge in [0.15, 0.2) is 0 Å². The minimum Gasteiger partial charge on any atom is -0.787 e. The molecule has 5 N–H and O–H groups in total. The molecule has 11 heteroatoms. The number of carbonyl (C=O) groups excluding carboxylic acids is 2. The minimum atomic E-state index is -4.25. The van der Waals surface area contributed by atoms with E-state index >= 15 is 0 Å². The molecule has 0 aliphatic heterocycles. The average Bonchev–Trinajstić information content (AvgIpc) is 2.58. The van der Waals surface area contributed by atoms with Crippen molar-refractivity contribution in [3.05, 3.63) is 35.9 Å². The van der Waals surface area contributed by atoms with E-state index in [1.807, 2.05) is 19.9 Å². The SMILES string of the molecule is CC(C)C[C@H](NP(=O)([O-])CNC(=O)OCc1ccccc1)C(=O)NCN.[Li+]. The summed E-state index contributed by atoms with van der Waals surface area (Å²) in [5.41, 5.74) is 6.04. The second-order valence-electron chi connectivity index (χ2n) is 6.13. The molecule has 0 radical (unpaired) electrons. The number of alkyl carbamates (subject to hydrolysis) is 1. The molecule has 2 atom stereocenters. The molecule has 1 unspecified atom stereocenters. The number of ether oxygens (including phenoxy) is 1. The molecule has 27 heavy (non-hydrogen) atoms. The van der Waals surface area contributed by atoms with Gasteiger partial charge >= 0.3 is 25.0 Å². The molecule has 0 fully saturated rings. The second kappa shape index (κ2) is 12.9. The maximum absolute atomic E-state index is 12.1. The van der Waals surface area contributed by atoms with Gasteiger partial charge in [-0.2, -0.15) is 0 Å². The zero-order chi connectivity index (χ0) is 19.6. The van der Waals surface area contributed by atoms with E-state index in [2.05, 4.69) is 15.7 Å². The van der Waals surface area contributed by atoms with Crippen molar-refractivity contribution in [3.63, 3.8) is 0 Å². The summed E-state index contributed by atoms with van der Waals surface area (Å²) in [6.45, 7) is 3.65. The number of hydrogen-bond acceptors (Lipinski definition) is 6. The number of hydrogen-bond donors (Lipinski definition) is 4. The number of nitrogens with one attached hydrogen (secondary N) is 3. The number of nitrogens with two attached hydrogens (primary N) is 1. The Morgan fingerprint density at radius 3 is 2.41 bits per heavy atom. The van der Waals surface area contributed by atoms with Crippen LogP contribution in [0.2, 0.25) is 0 Å². The van der Waals surface area contributed by atoms with Crippen LogP contribution in [0.15, 0.2) is 30.3 Å². The van der Waals surface area contributed by atoms with E-state index in [-0.39, 0.29) is 38.1 Å². The normalized spacial score (nSPS) is 13.8. The Bertz CT molecular complexity index is 632. The van der Waals surface area contributed by atoms with Gasteiger partial charge in [0.2, 0.25) is 5.91 Å². The molecule has 0 aliphatic carbocycles. The van der Waals surface area contributed by atoms with Crippen molar-refractivity contribution in [1.29, 1.82) is 0 Å². The van der Waals surface area contributed by atoms with E-state index in [1.54, 1.807) is 24.3 Å². The molecule has 2 amide bonds. The predicted molar refractivity (Wildman–Crippen MR) is 95.8 cm³/mol. The Morgan fingerprint density at radius 2 is 1.85 bits per heavy atom. The third-order valence-electron chi connectivity index (χ3n) is 3.30. The molecule has 0 spiro atoms. The van der Waals surface area contributed by atoms with E-state index in [0.717, 1.165) is 5.56 Å². The molecule has 9 nitrogen and oxygen atoms in total. The van der Waals surface area contributed by atoms with Gasteiger partial charge in [0, 0.05) is 0 Å². The van der Waals surface area contributed by atoms with E-state index in [1.165, 1.54) is 0 Å². The zero-order valence-electron chi connectivity index (χ0n) is 15.9. The summed E-state index contributed by atoms with van der Waals surface area (Å²) in [6, 6.07) is 8.03. The molecule has 1 aromatic rings. The Hall–Kier alpha value is -1.33. The molecular formula is C16H26LiN4O5P. The second-order valence-corrected chi connectivity index (χ2v) is 8.05. The van der Waals surface area contributed by atoms with Crippen LogP contribution in [0.3, 0.4) is 0 Å². The first-order valence-electron chi connectivity index (χ1n) is 8.23. The van der Waals surface area contributed by atoms with Crippen molar-refractivity contribution in [2.75, 3.05) is 13.0 Å². The van der Waals surface area contributed by atoms with Gasteiger partial charge in [-0.3, -0.25) is 9.88 Å². The number of carbonyl (C=O) groups is 2. The molecule has 0 saturated carbocycles. The molecule has 1 rings (SSSR count). The third-order valence-corrected chi connectivity index (χ3v) is 4.58. The smallest absolute Gasteiger partial charge is 0.787 e. The number of benzene rings is 1. The quantitative estimate of drug-likeness (QED) is 0.195. The molecule has 0 saturated heterocycles. The minimum absolute atomic E-state index is 0. The molecular weight excluding hydrogens is 366 g/mol. The zero-order valence-corrected chi connectivity index (χ0v) is 16.8. The van der Waals surface area contributed by atoms with Crippen molar-refractivity contribution in [2.24, 2.45) is 11.7 Å². The Morgan fingerprint density at radius 1 is 1.22 bits per heavy atom. The first kappa shape index (κ1) is 25.7. The van der Waals surface area contributed by atoms with Crippen molar-refractivity contribution < 1.29 is 42.6 Å². The van der Waals surface area contributed by atoms with Crippen LogP contribution in [0.1, 0.15) is 25.8 Å². The van der Waals surface area contributed by atoms with Crippen LogP contribution < -0.4 is 45.2 Å². The van der Waals surface area contributed by atoms with Crippen molar-refractivity contribution in [3.8, 4) is 0 Å². The third kappa shape index (κ3) is 11.2. The average molecular weight is 392 g/mol. The van der Waals surface area contributed by atoms with E-state index < -0.39 is 31.8 Å². The summed E-state index contributed by atoms with van der Waals surface area (Å²) in [5, 5.41) is 6.85. The van der Waals surface area contributed by atoms with Gasteiger partial charge in [0.25, 0.3) is 0 Å². The fourth-order valence-corrected chi connectivity index (χ4v) is 3.27. The van der Waals surface area contributed by atoms with Crippen molar-refractivity contribution >= 4 is 19.5 Å². The summed E-state index contributed by atoms with van der Waals surface area (Å²) >= 11 is 0. The molecule has 146 valence electrons. The van der Waals surface area contributed by atoms with Crippen LogP contribution in [0.4, 0.5) is 4.79 Å². The predicted octanol–water partition coefficient (Wildman–Crippen LogP) is -2.54. The molecule has 0 bridgehead atoms. The fourth-order valence-electron chi connectivity index (χ4n) is 2.14. The van der Waals surface area contributed by atoms with E-state index in [9.17, 15) is 19.0 Å². The summed E-state index contributed by atoms with van der Waals surface area (Å²) in [4.78, 5) is 35.7.